The summed E-state index contributed by atoms with van der Waals surface area (Å²) in [5.74, 6) is 2.14. The summed E-state index contributed by atoms with van der Waals surface area (Å²) in [4.78, 5) is 8.98. The zero-order chi connectivity index (χ0) is 14.8. The summed E-state index contributed by atoms with van der Waals surface area (Å²) in [6.07, 6.45) is 4.17. The van der Waals surface area contributed by atoms with Crippen LogP contribution < -0.4 is 5.32 Å². The third-order valence-electron chi connectivity index (χ3n) is 4.51. The summed E-state index contributed by atoms with van der Waals surface area (Å²) in [6.45, 7) is 7.03. The highest BCUT2D eigenvalue weighted by atomic mass is 35.5. The van der Waals surface area contributed by atoms with Crippen molar-refractivity contribution in [1.29, 1.82) is 0 Å². The van der Waals surface area contributed by atoms with Gasteiger partial charge in [-0.3, -0.25) is 0 Å². The molecule has 0 aromatic carbocycles. The molecule has 1 aliphatic carbocycles. The molecule has 1 aromatic rings. The lowest BCUT2D eigenvalue weighted by Gasteiger charge is -2.30. The summed E-state index contributed by atoms with van der Waals surface area (Å²) in [5.41, 5.74) is 0.791. The van der Waals surface area contributed by atoms with Crippen molar-refractivity contribution in [3.05, 3.63) is 16.5 Å². The summed E-state index contributed by atoms with van der Waals surface area (Å²) in [7, 11) is 0. The van der Waals surface area contributed by atoms with Crippen LogP contribution in [0.2, 0.25) is 5.15 Å². The highest BCUT2D eigenvalue weighted by Gasteiger charge is 2.29. The number of aromatic nitrogens is 2. The molecule has 0 unspecified atom stereocenters. The largest absolute Gasteiger partial charge is 0.396 e. The van der Waals surface area contributed by atoms with Gasteiger partial charge in [-0.05, 0) is 32.6 Å². The Hall–Kier alpha value is -0.870. The summed E-state index contributed by atoms with van der Waals surface area (Å²) in [6, 6.07) is 0. The zero-order valence-corrected chi connectivity index (χ0v) is 13.3. The monoisotopic (exact) mass is 297 g/mol. The van der Waals surface area contributed by atoms with Crippen molar-refractivity contribution in [2.75, 3.05) is 18.5 Å². The standard InChI is InChI=1S/C15H24ClN3O/c1-4-15(5-2,9-20)8-17-13-10(3)12(16)18-14(19-13)11-6-7-11/h11,20H,4-9H2,1-3H3,(H,17,18,19). The first-order valence-corrected chi connectivity index (χ1v) is 7.81. The van der Waals surface area contributed by atoms with Crippen molar-refractivity contribution >= 4 is 17.4 Å². The van der Waals surface area contributed by atoms with Gasteiger partial charge in [0.1, 0.15) is 16.8 Å². The Kier molecular flexibility index (Phi) is 4.86. The minimum Gasteiger partial charge on any atom is -0.396 e. The number of nitrogens with one attached hydrogen (secondary N) is 1. The third kappa shape index (κ3) is 3.23. The van der Waals surface area contributed by atoms with Gasteiger partial charge in [-0.2, -0.15) is 0 Å². The first-order valence-electron chi connectivity index (χ1n) is 7.44. The van der Waals surface area contributed by atoms with Crippen LogP contribution in [0, 0.1) is 12.3 Å². The van der Waals surface area contributed by atoms with Crippen LogP contribution in [-0.2, 0) is 0 Å². The molecule has 0 bridgehead atoms. The zero-order valence-electron chi connectivity index (χ0n) is 12.5. The number of hydrogen-bond donors (Lipinski definition) is 2. The Morgan fingerprint density at radius 3 is 2.45 bits per heavy atom. The fourth-order valence-electron chi connectivity index (χ4n) is 2.25. The predicted octanol–water partition coefficient (Wildman–Crippen LogP) is 3.53. The van der Waals surface area contributed by atoms with Gasteiger partial charge in [0.25, 0.3) is 0 Å². The summed E-state index contributed by atoms with van der Waals surface area (Å²) in [5, 5.41) is 13.5. The number of aliphatic hydroxyl groups excluding tert-OH is 1. The number of nitrogens with zero attached hydrogens (tertiary/aromatic N) is 2. The first-order chi connectivity index (χ1) is 9.55. The summed E-state index contributed by atoms with van der Waals surface area (Å²) >= 11 is 6.20. The third-order valence-corrected chi connectivity index (χ3v) is 4.88. The first kappa shape index (κ1) is 15.5. The average molecular weight is 298 g/mol. The van der Waals surface area contributed by atoms with Crippen LogP contribution >= 0.6 is 11.6 Å². The van der Waals surface area contributed by atoms with Crippen molar-refractivity contribution in [3.8, 4) is 0 Å². The molecule has 2 N–H and O–H groups in total. The maximum absolute atomic E-state index is 9.63. The molecule has 0 radical (unpaired) electrons. The lowest BCUT2D eigenvalue weighted by Crippen LogP contribution is -2.32. The van der Waals surface area contributed by atoms with Gasteiger partial charge in [0.15, 0.2) is 0 Å². The van der Waals surface area contributed by atoms with Gasteiger partial charge in [-0.1, -0.05) is 25.4 Å². The number of halogens is 1. The second-order valence-electron chi connectivity index (χ2n) is 5.84. The topological polar surface area (TPSA) is 58.0 Å². The summed E-state index contributed by atoms with van der Waals surface area (Å²) < 4.78 is 0. The van der Waals surface area contributed by atoms with E-state index in [9.17, 15) is 5.11 Å². The molecule has 1 heterocycles. The van der Waals surface area contributed by atoms with Gasteiger partial charge in [-0.15, -0.1) is 0 Å². The van der Waals surface area contributed by atoms with E-state index >= 15 is 0 Å². The molecule has 4 nitrogen and oxygen atoms in total. The Bertz CT molecular complexity index is 462. The molecule has 0 amide bonds. The van der Waals surface area contributed by atoms with Crippen LogP contribution in [0.4, 0.5) is 5.82 Å². The van der Waals surface area contributed by atoms with Crippen LogP contribution in [0.5, 0.6) is 0 Å². The van der Waals surface area contributed by atoms with Gasteiger partial charge in [0.05, 0.1) is 6.61 Å². The molecule has 5 heteroatoms. The molecule has 20 heavy (non-hydrogen) atoms. The molecule has 1 fully saturated rings. The van der Waals surface area contributed by atoms with Crippen molar-refractivity contribution in [2.45, 2.75) is 52.4 Å². The normalized spacial score (nSPS) is 15.4. The fraction of sp³-hybridized carbons (Fsp3) is 0.733. The maximum atomic E-state index is 9.63. The predicted molar refractivity (Wildman–Crippen MR) is 82.3 cm³/mol. The van der Waals surface area contributed by atoms with E-state index in [1.807, 2.05) is 6.92 Å². The molecule has 112 valence electrons. The van der Waals surface area contributed by atoms with Gasteiger partial charge in [0.2, 0.25) is 0 Å². The molecule has 1 saturated carbocycles. The quantitative estimate of drug-likeness (QED) is 0.756. The van der Waals surface area contributed by atoms with E-state index in [1.54, 1.807) is 0 Å². The molecule has 2 rings (SSSR count). The Morgan fingerprint density at radius 2 is 1.95 bits per heavy atom. The highest BCUT2D eigenvalue weighted by Crippen LogP contribution is 2.39. The second kappa shape index (κ2) is 6.27. The van der Waals surface area contributed by atoms with Gasteiger partial charge < -0.3 is 10.4 Å². The molecular weight excluding hydrogens is 274 g/mol. The van der Waals surface area contributed by atoms with Crippen molar-refractivity contribution in [1.82, 2.24) is 9.97 Å². The van der Waals surface area contributed by atoms with E-state index in [0.717, 1.165) is 42.9 Å². The van der Waals surface area contributed by atoms with Crippen LogP contribution in [0.1, 0.15) is 56.8 Å². The average Bonchev–Trinajstić information content (AvgIpc) is 3.29. The van der Waals surface area contributed by atoms with Crippen molar-refractivity contribution < 1.29 is 5.11 Å². The number of aliphatic hydroxyl groups is 1. The highest BCUT2D eigenvalue weighted by molar-refractivity contribution is 6.30. The van der Waals surface area contributed by atoms with E-state index in [-0.39, 0.29) is 12.0 Å². The van der Waals surface area contributed by atoms with E-state index in [0.29, 0.717) is 17.6 Å². The van der Waals surface area contributed by atoms with Crippen LogP contribution in [0.3, 0.4) is 0 Å². The van der Waals surface area contributed by atoms with Gasteiger partial charge >= 0.3 is 0 Å². The number of hydrogen-bond acceptors (Lipinski definition) is 4. The molecule has 0 saturated heterocycles. The molecule has 0 aliphatic heterocycles. The molecular formula is C15H24ClN3O. The number of anilines is 1. The van der Waals surface area contributed by atoms with Gasteiger partial charge in [0, 0.05) is 23.4 Å². The fourth-order valence-corrected chi connectivity index (χ4v) is 2.43. The molecule has 1 aliphatic rings. The molecule has 0 spiro atoms. The molecule has 1 aromatic heterocycles. The SMILES string of the molecule is CCC(CC)(CO)CNc1nc(C2CC2)nc(Cl)c1C. The molecule has 0 atom stereocenters. The van der Waals surface area contributed by atoms with E-state index in [4.69, 9.17) is 11.6 Å². The maximum Gasteiger partial charge on any atom is 0.137 e. The van der Waals surface area contributed by atoms with Gasteiger partial charge in [-0.25, -0.2) is 9.97 Å². The van der Waals surface area contributed by atoms with Crippen LogP contribution in [0.25, 0.3) is 0 Å². The minimum atomic E-state index is -0.0936. The Labute approximate surface area is 126 Å². The second-order valence-corrected chi connectivity index (χ2v) is 6.20. The number of rotatable bonds is 7. The van der Waals surface area contributed by atoms with Crippen LogP contribution in [-0.4, -0.2) is 28.2 Å². The van der Waals surface area contributed by atoms with E-state index in [1.165, 1.54) is 0 Å². The lowest BCUT2D eigenvalue weighted by molar-refractivity contribution is 0.127. The Balaban J connectivity index is 2.16. The van der Waals surface area contributed by atoms with Crippen LogP contribution in [0.15, 0.2) is 0 Å². The van der Waals surface area contributed by atoms with Crippen molar-refractivity contribution in [3.63, 3.8) is 0 Å². The smallest absolute Gasteiger partial charge is 0.137 e. The lowest BCUT2D eigenvalue weighted by atomic mass is 9.83. The van der Waals surface area contributed by atoms with Crippen molar-refractivity contribution in [2.24, 2.45) is 5.41 Å². The minimum absolute atomic E-state index is 0.0936. The van der Waals surface area contributed by atoms with E-state index < -0.39 is 0 Å². The van der Waals surface area contributed by atoms with E-state index in [2.05, 4.69) is 29.1 Å². The Morgan fingerprint density at radius 1 is 1.30 bits per heavy atom.